The van der Waals surface area contributed by atoms with Gasteiger partial charge >= 0.3 is 0 Å². The van der Waals surface area contributed by atoms with Crippen molar-refractivity contribution in [3.05, 3.63) is 58.2 Å². The topological polar surface area (TPSA) is 132 Å². The van der Waals surface area contributed by atoms with Gasteiger partial charge in [0.2, 0.25) is 0 Å². The van der Waals surface area contributed by atoms with Gasteiger partial charge in [-0.1, -0.05) is 50.6 Å². The van der Waals surface area contributed by atoms with Gasteiger partial charge in [0.1, 0.15) is 12.1 Å². The minimum atomic E-state index is -0.406. The number of aryl methyl sites for hydroxylation is 1. The highest BCUT2D eigenvalue weighted by atomic mass is 16.5. The first-order chi connectivity index (χ1) is 18.8. The smallest absolute Gasteiger partial charge is 0.276 e. The third-order valence-corrected chi connectivity index (χ3v) is 7.41. The molecule has 208 valence electrons. The number of aliphatic imine (C=N–C) groups is 1. The summed E-state index contributed by atoms with van der Waals surface area (Å²) in [5.41, 5.74) is 2.37. The lowest BCUT2D eigenvalue weighted by Crippen LogP contribution is -2.41. The van der Waals surface area contributed by atoms with Crippen LogP contribution in [0.4, 0.5) is 5.82 Å². The van der Waals surface area contributed by atoms with Gasteiger partial charge in [-0.15, -0.1) is 0 Å². The molecule has 1 amide bonds. The summed E-state index contributed by atoms with van der Waals surface area (Å²) in [4.78, 5) is 24.6. The van der Waals surface area contributed by atoms with E-state index in [1.807, 2.05) is 19.1 Å². The van der Waals surface area contributed by atoms with Crippen LogP contribution in [0.5, 0.6) is 0 Å². The molecule has 39 heavy (non-hydrogen) atoms. The third kappa shape index (κ3) is 6.76. The number of hydrazine groups is 1. The maximum absolute atomic E-state index is 12.1. The van der Waals surface area contributed by atoms with Crippen LogP contribution in [0.15, 0.2) is 41.2 Å². The lowest BCUT2D eigenvalue weighted by Gasteiger charge is -2.27. The van der Waals surface area contributed by atoms with E-state index in [0.29, 0.717) is 37.2 Å². The van der Waals surface area contributed by atoms with Crippen LogP contribution in [0.3, 0.4) is 0 Å². The lowest BCUT2D eigenvalue weighted by atomic mass is 9.91. The van der Waals surface area contributed by atoms with E-state index in [9.17, 15) is 4.79 Å². The van der Waals surface area contributed by atoms with E-state index in [2.05, 4.69) is 52.4 Å². The van der Waals surface area contributed by atoms with Crippen molar-refractivity contribution in [2.45, 2.75) is 52.0 Å². The van der Waals surface area contributed by atoms with E-state index >= 15 is 0 Å². The van der Waals surface area contributed by atoms with E-state index in [-0.39, 0.29) is 24.4 Å². The van der Waals surface area contributed by atoms with Crippen LogP contribution >= 0.6 is 0 Å². The van der Waals surface area contributed by atoms with E-state index in [0.717, 1.165) is 35.9 Å². The number of hydrogen-bond donors (Lipinski definition) is 2. The summed E-state index contributed by atoms with van der Waals surface area (Å²) < 4.78 is 7.47. The molecule has 3 N–H and O–H groups in total. The molecule has 0 aromatic carbocycles. The number of amides is 1. The number of allylic oxidation sites excluding steroid dienone is 1. The van der Waals surface area contributed by atoms with Gasteiger partial charge in [-0.25, -0.2) is 20.8 Å². The van der Waals surface area contributed by atoms with Gasteiger partial charge in [-0.2, -0.15) is 5.10 Å². The Labute approximate surface area is 229 Å². The van der Waals surface area contributed by atoms with Crippen molar-refractivity contribution in [3.8, 4) is 0 Å². The summed E-state index contributed by atoms with van der Waals surface area (Å²) in [6.45, 7) is 11.5. The first-order valence-corrected chi connectivity index (χ1v) is 13.5. The second-order valence-electron chi connectivity index (χ2n) is 10.3. The standard InChI is InChI=1S/C29H39N7O3/c1-5-21(11-19(2)12-23(7-6-10-37)29(38)31-4)15-35(30)28-14-26(32-18-33-28)22-8-9-27-25(13-22)20(3)34-36(27)24-16-39-17-24/h6-7,9,12-14,18-19,21-22,24,37H,4-5,8,10-11,15-17,30H2,1-3H3/b7-6+,23-12+. The normalized spacial score (nSPS) is 19.0. The molecule has 1 aliphatic carbocycles. The fourth-order valence-corrected chi connectivity index (χ4v) is 5.18. The Morgan fingerprint density at radius 1 is 1.41 bits per heavy atom. The number of carbonyl (C=O) groups is 1. The van der Waals surface area contributed by atoms with Gasteiger partial charge in [-0.3, -0.25) is 14.5 Å². The molecule has 2 aromatic rings. The Balaban J connectivity index is 1.45. The van der Waals surface area contributed by atoms with E-state index in [4.69, 9.17) is 20.8 Å². The van der Waals surface area contributed by atoms with Gasteiger partial charge in [0.05, 0.1) is 42.6 Å². The number of nitrogens with zero attached hydrogens (tertiary/aromatic N) is 6. The lowest BCUT2D eigenvalue weighted by molar-refractivity contribution is -0.114. The van der Waals surface area contributed by atoms with Crippen LogP contribution in [0.1, 0.15) is 56.5 Å². The Bertz CT molecular complexity index is 1360. The summed E-state index contributed by atoms with van der Waals surface area (Å²) >= 11 is 0. The SMILES string of the molecule is C=NC(=O)C(/C=C/CO)=C/C(C)CC(CC)CN(N)c1cc(C2C=c3c(C)nn(C4COC4)c3=CC2)ncn1. The van der Waals surface area contributed by atoms with E-state index in [1.165, 1.54) is 11.4 Å². The number of nitrogens with two attached hydrogens (primary N) is 1. The van der Waals surface area contributed by atoms with Gasteiger partial charge < -0.3 is 9.84 Å². The first kappa shape index (κ1) is 28.5. The summed E-state index contributed by atoms with van der Waals surface area (Å²) in [5.74, 6) is 7.28. The van der Waals surface area contributed by atoms with Crippen molar-refractivity contribution >= 4 is 30.6 Å². The molecule has 4 rings (SSSR count). The van der Waals surface area contributed by atoms with Crippen molar-refractivity contribution in [1.29, 1.82) is 0 Å². The summed E-state index contributed by atoms with van der Waals surface area (Å²) in [6.07, 6.45) is 13.6. The number of rotatable bonds is 12. The zero-order chi connectivity index (χ0) is 27.9. The fraction of sp³-hybridized carbons (Fsp3) is 0.483. The Morgan fingerprint density at radius 3 is 2.87 bits per heavy atom. The molecule has 3 unspecified atom stereocenters. The van der Waals surface area contributed by atoms with Gasteiger partial charge in [-0.05, 0) is 38.3 Å². The van der Waals surface area contributed by atoms with Crippen LogP contribution in [0, 0.1) is 18.8 Å². The number of anilines is 1. The molecule has 0 saturated carbocycles. The van der Waals surface area contributed by atoms with Crippen LogP contribution in [0.25, 0.3) is 12.2 Å². The van der Waals surface area contributed by atoms with Gasteiger partial charge in [0.25, 0.3) is 5.91 Å². The highest BCUT2D eigenvalue weighted by molar-refractivity contribution is 5.98. The molecule has 0 bridgehead atoms. The molecule has 3 atom stereocenters. The maximum Gasteiger partial charge on any atom is 0.276 e. The zero-order valence-electron chi connectivity index (χ0n) is 23.0. The van der Waals surface area contributed by atoms with E-state index in [1.54, 1.807) is 17.4 Å². The van der Waals surface area contributed by atoms with Crippen molar-refractivity contribution in [3.63, 3.8) is 0 Å². The quantitative estimate of drug-likeness (QED) is 0.139. The van der Waals surface area contributed by atoms with Gasteiger partial charge in [0, 0.05) is 29.3 Å². The molecular weight excluding hydrogens is 494 g/mol. The third-order valence-electron chi connectivity index (χ3n) is 7.41. The molecule has 3 heterocycles. The molecule has 0 radical (unpaired) electrons. The minimum absolute atomic E-state index is 0.102. The fourth-order valence-electron chi connectivity index (χ4n) is 5.18. The molecule has 10 nitrogen and oxygen atoms in total. The molecular formula is C29H39N7O3. The van der Waals surface area contributed by atoms with Crippen molar-refractivity contribution in [2.24, 2.45) is 22.7 Å². The van der Waals surface area contributed by atoms with Crippen LogP contribution in [-0.4, -0.2) is 63.8 Å². The molecule has 1 saturated heterocycles. The average Bonchev–Trinajstić information content (AvgIpc) is 3.23. The Hall–Kier alpha value is -3.47. The summed E-state index contributed by atoms with van der Waals surface area (Å²) in [5, 5.41) is 17.9. The molecule has 2 aromatic heterocycles. The largest absolute Gasteiger partial charge is 0.392 e. The predicted molar refractivity (Wildman–Crippen MR) is 152 cm³/mol. The average molecular weight is 534 g/mol. The van der Waals surface area contributed by atoms with Crippen LogP contribution < -0.4 is 21.4 Å². The highest BCUT2D eigenvalue weighted by Crippen LogP contribution is 2.26. The number of aliphatic hydroxyl groups is 1. The van der Waals surface area contributed by atoms with Gasteiger partial charge in [0.15, 0.2) is 0 Å². The van der Waals surface area contributed by atoms with E-state index < -0.39 is 5.91 Å². The van der Waals surface area contributed by atoms with Crippen molar-refractivity contribution in [2.75, 3.05) is 31.4 Å². The zero-order valence-corrected chi connectivity index (χ0v) is 23.0. The number of ether oxygens (including phenoxy) is 1. The maximum atomic E-state index is 12.1. The second kappa shape index (κ2) is 13.1. The first-order valence-electron chi connectivity index (χ1n) is 13.5. The highest BCUT2D eigenvalue weighted by Gasteiger charge is 2.25. The molecule has 1 fully saturated rings. The molecule has 0 spiro atoms. The number of hydrogen-bond acceptors (Lipinski definition) is 8. The second-order valence-corrected chi connectivity index (χ2v) is 10.3. The van der Waals surface area contributed by atoms with Crippen LogP contribution in [-0.2, 0) is 9.53 Å². The molecule has 10 heteroatoms. The Kier molecular flexibility index (Phi) is 9.55. The predicted octanol–water partition coefficient (Wildman–Crippen LogP) is 1.74. The minimum Gasteiger partial charge on any atom is -0.392 e. The van der Waals surface area contributed by atoms with Crippen molar-refractivity contribution < 1.29 is 14.6 Å². The van der Waals surface area contributed by atoms with Crippen molar-refractivity contribution in [1.82, 2.24) is 19.7 Å². The summed E-state index contributed by atoms with van der Waals surface area (Å²) in [6, 6.07) is 2.29. The number of aromatic nitrogens is 4. The summed E-state index contributed by atoms with van der Waals surface area (Å²) in [7, 11) is 0. The number of carbonyl (C=O) groups excluding carboxylic acids is 1. The molecule has 2 aliphatic rings. The number of aliphatic hydroxyl groups excluding tert-OH is 1. The van der Waals surface area contributed by atoms with Crippen LogP contribution in [0.2, 0.25) is 0 Å². The monoisotopic (exact) mass is 533 g/mol. The molecule has 1 aliphatic heterocycles. The Morgan fingerprint density at radius 2 is 2.21 bits per heavy atom. The number of fused-ring (bicyclic) bond motifs is 1.